The van der Waals surface area contributed by atoms with Crippen molar-refractivity contribution in [3.05, 3.63) is 59.2 Å². The first-order chi connectivity index (χ1) is 9.61. The SMILES string of the molecule is Cc1cccc(NC(=O)[C@@H]2Cc3ccc(C)cc3S2)c1. The molecule has 0 aliphatic carbocycles. The predicted octanol–water partition coefficient (Wildman–Crippen LogP) is 3.96. The van der Waals surface area contributed by atoms with E-state index in [0.717, 1.165) is 17.7 Å². The number of fused-ring (bicyclic) bond motifs is 1. The first-order valence-electron chi connectivity index (χ1n) is 6.75. The minimum absolute atomic E-state index is 0.0210. The number of carbonyl (C=O) groups is 1. The fourth-order valence-electron chi connectivity index (χ4n) is 2.43. The molecule has 0 saturated carbocycles. The highest BCUT2D eigenvalue weighted by molar-refractivity contribution is 8.01. The lowest BCUT2D eigenvalue weighted by Crippen LogP contribution is -2.24. The zero-order chi connectivity index (χ0) is 14.1. The van der Waals surface area contributed by atoms with Gasteiger partial charge in [-0.05, 0) is 49.6 Å². The molecule has 0 spiro atoms. The number of carbonyl (C=O) groups excluding carboxylic acids is 1. The van der Waals surface area contributed by atoms with E-state index in [-0.39, 0.29) is 11.2 Å². The molecular formula is C17H17NOS. The summed E-state index contributed by atoms with van der Waals surface area (Å²) in [6, 6.07) is 14.3. The zero-order valence-electron chi connectivity index (χ0n) is 11.6. The maximum absolute atomic E-state index is 12.3. The lowest BCUT2D eigenvalue weighted by atomic mass is 10.1. The summed E-state index contributed by atoms with van der Waals surface area (Å²) in [5.41, 5.74) is 4.56. The van der Waals surface area contributed by atoms with E-state index in [0.29, 0.717) is 0 Å². The molecule has 3 heteroatoms. The topological polar surface area (TPSA) is 29.1 Å². The average Bonchev–Trinajstić information content (AvgIpc) is 2.81. The van der Waals surface area contributed by atoms with E-state index in [1.54, 1.807) is 11.8 Å². The number of anilines is 1. The smallest absolute Gasteiger partial charge is 0.238 e. The lowest BCUT2D eigenvalue weighted by Gasteiger charge is -2.10. The van der Waals surface area contributed by atoms with Gasteiger partial charge >= 0.3 is 0 Å². The summed E-state index contributed by atoms with van der Waals surface area (Å²) >= 11 is 1.67. The summed E-state index contributed by atoms with van der Waals surface area (Å²) in [4.78, 5) is 13.6. The summed E-state index contributed by atoms with van der Waals surface area (Å²) in [5, 5.41) is 2.99. The van der Waals surface area contributed by atoms with E-state index in [9.17, 15) is 4.79 Å². The third kappa shape index (κ3) is 2.73. The summed E-state index contributed by atoms with van der Waals surface area (Å²) in [6.07, 6.45) is 0.817. The summed E-state index contributed by atoms with van der Waals surface area (Å²) in [5.74, 6) is 0.0921. The number of nitrogens with one attached hydrogen (secondary N) is 1. The van der Waals surface area contributed by atoms with E-state index < -0.39 is 0 Å². The van der Waals surface area contributed by atoms with Gasteiger partial charge in [0.05, 0.1) is 5.25 Å². The van der Waals surface area contributed by atoms with Gasteiger partial charge in [-0.2, -0.15) is 0 Å². The Labute approximate surface area is 123 Å². The second-order valence-electron chi connectivity index (χ2n) is 5.28. The molecular weight excluding hydrogens is 266 g/mol. The molecule has 0 saturated heterocycles. The molecule has 0 bridgehead atoms. The number of hydrogen-bond acceptors (Lipinski definition) is 2. The standard InChI is InChI=1S/C17H17NOS/c1-11-4-3-5-14(8-11)18-17(19)16-10-13-7-6-12(2)9-15(13)20-16/h3-9,16H,10H2,1-2H3,(H,18,19)/t16-/m0/s1. The van der Waals surface area contributed by atoms with Gasteiger partial charge in [-0.25, -0.2) is 0 Å². The van der Waals surface area contributed by atoms with E-state index in [2.05, 4.69) is 30.4 Å². The van der Waals surface area contributed by atoms with Crippen LogP contribution in [0.1, 0.15) is 16.7 Å². The number of rotatable bonds is 2. The fourth-order valence-corrected chi connectivity index (χ4v) is 3.72. The second kappa shape index (κ2) is 5.33. The van der Waals surface area contributed by atoms with Crippen molar-refractivity contribution in [2.45, 2.75) is 30.4 Å². The molecule has 0 radical (unpaired) electrons. The Bertz CT molecular complexity index is 666. The highest BCUT2D eigenvalue weighted by Crippen LogP contribution is 2.38. The number of aryl methyl sites for hydroxylation is 2. The third-order valence-electron chi connectivity index (χ3n) is 3.48. The van der Waals surface area contributed by atoms with Gasteiger partial charge in [0.25, 0.3) is 0 Å². The minimum Gasteiger partial charge on any atom is -0.325 e. The van der Waals surface area contributed by atoms with Crippen LogP contribution in [-0.2, 0) is 11.2 Å². The van der Waals surface area contributed by atoms with Crippen molar-refractivity contribution in [3.8, 4) is 0 Å². The van der Waals surface area contributed by atoms with Crippen molar-refractivity contribution in [1.82, 2.24) is 0 Å². The summed E-state index contributed by atoms with van der Waals surface area (Å²) < 4.78 is 0. The van der Waals surface area contributed by atoms with E-state index >= 15 is 0 Å². The van der Waals surface area contributed by atoms with Gasteiger partial charge in [0, 0.05) is 10.6 Å². The van der Waals surface area contributed by atoms with E-state index in [4.69, 9.17) is 0 Å². The number of benzene rings is 2. The van der Waals surface area contributed by atoms with Gasteiger partial charge < -0.3 is 5.32 Å². The Kier molecular flexibility index (Phi) is 3.53. The number of amides is 1. The molecule has 102 valence electrons. The summed E-state index contributed by atoms with van der Waals surface area (Å²) in [7, 11) is 0. The molecule has 0 fully saturated rings. The van der Waals surface area contributed by atoms with Crippen LogP contribution in [0.15, 0.2) is 47.4 Å². The van der Waals surface area contributed by atoms with Crippen molar-refractivity contribution in [2.75, 3.05) is 5.32 Å². The average molecular weight is 283 g/mol. The zero-order valence-corrected chi connectivity index (χ0v) is 12.5. The third-order valence-corrected chi connectivity index (χ3v) is 4.77. The molecule has 1 amide bonds. The van der Waals surface area contributed by atoms with Crippen LogP contribution in [-0.4, -0.2) is 11.2 Å². The van der Waals surface area contributed by atoms with E-state index in [1.165, 1.54) is 16.0 Å². The van der Waals surface area contributed by atoms with Crippen molar-refractivity contribution in [2.24, 2.45) is 0 Å². The molecule has 2 aromatic rings. The molecule has 1 aliphatic rings. The molecule has 0 aromatic heterocycles. The van der Waals surface area contributed by atoms with Gasteiger partial charge in [-0.3, -0.25) is 4.79 Å². The Hall–Kier alpha value is -1.74. The van der Waals surface area contributed by atoms with Crippen LogP contribution >= 0.6 is 11.8 Å². The highest BCUT2D eigenvalue weighted by Gasteiger charge is 2.28. The molecule has 1 heterocycles. The van der Waals surface area contributed by atoms with Crippen LogP contribution in [0.4, 0.5) is 5.69 Å². The minimum atomic E-state index is -0.0210. The first-order valence-corrected chi connectivity index (χ1v) is 7.63. The second-order valence-corrected chi connectivity index (χ2v) is 6.53. The maximum atomic E-state index is 12.3. The Morgan fingerprint density at radius 2 is 1.95 bits per heavy atom. The predicted molar refractivity (Wildman–Crippen MR) is 84.3 cm³/mol. The molecule has 20 heavy (non-hydrogen) atoms. The number of hydrogen-bond donors (Lipinski definition) is 1. The Morgan fingerprint density at radius 3 is 2.75 bits per heavy atom. The highest BCUT2D eigenvalue weighted by atomic mass is 32.2. The monoisotopic (exact) mass is 283 g/mol. The maximum Gasteiger partial charge on any atom is 0.238 e. The van der Waals surface area contributed by atoms with E-state index in [1.807, 2.05) is 31.2 Å². The quantitative estimate of drug-likeness (QED) is 0.904. The number of thioether (sulfide) groups is 1. The van der Waals surface area contributed by atoms with Gasteiger partial charge in [0.2, 0.25) is 5.91 Å². The van der Waals surface area contributed by atoms with Gasteiger partial charge in [-0.1, -0.05) is 29.8 Å². The molecule has 1 aliphatic heterocycles. The van der Waals surface area contributed by atoms with Crippen LogP contribution in [0.3, 0.4) is 0 Å². The van der Waals surface area contributed by atoms with Crippen LogP contribution < -0.4 is 5.32 Å². The van der Waals surface area contributed by atoms with Crippen LogP contribution in [0, 0.1) is 13.8 Å². The van der Waals surface area contributed by atoms with Crippen LogP contribution in [0.5, 0.6) is 0 Å². The van der Waals surface area contributed by atoms with Crippen molar-refractivity contribution in [1.29, 1.82) is 0 Å². The largest absolute Gasteiger partial charge is 0.325 e. The van der Waals surface area contributed by atoms with Crippen LogP contribution in [0.2, 0.25) is 0 Å². The molecule has 1 atom stereocenters. The lowest BCUT2D eigenvalue weighted by molar-refractivity contribution is -0.115. The first kappa shape index (κ1) is 13.3. The normalized spacial score (nSPS) is 16.8. The Balaban J connectivity index is 1.71. The molecule has 2 nitrogen and oxygen atoms in total. The molecule has 3 rings (SSSR count). The fraction of sp³-hybridized carbons (Fsp3) is 0.235. The van der Waals surface area contributed by atoms with Gasteiger partial charge in [0.15, 0.2) is 0 Å². The molecule has 0 unspecified atom stereocenters. The molecule has 2 aromatic carbocycles. The van der Waals surface area contributed by atoms with Gasteiger partial charge in [0.1, 0.15) is 0 Å². The van der Waals surface area contributed by atoms with Crippen molar-refractivity contribution < 1.29 is 4.79 Å². The van der Waals surface area contributed by atoms with Crippen LogP contribution in [0.25, 0.3) is 0 Å². The summed E-state index contributed by atoms with van der Waals surface area (Å²) in [6.45, 7) is 4.11. The molecule has 1 N–H and O–H groups in total. The van der Waals surface area contributed by atoms with Crippen molar-refractivity contribution >= 4 is 23.4 Å². The Morgan fingerprint density at radius 1 is 1.15 bits per heavy atom. The van der Waals surface area contributed by atoms with Gasteiger partial charge in [-0.15, -0.1) is 11.8 Å². The van der Waals surface area contributed by atoms with Crippen molar-refractivity contribution in [3.63, 3.8) is 0 Å².